The molecule has 0 aliphatic carbocycles. The highest BCUT2D eigenvalue weighted by Gasteiger charge is 2.13. The van der Waals surface area contributed by atoms with Gasteiger partial charge in [-0.05, 0) is 37.1 Å². The number of halogens is 1. The molecule has 1 aromatic carbocycles. The summed E-state index contributed by atoms with van der Waals surface area (Å²) in [5.74, 6) is 0.207. The second kappa shape index (κ2) is 6.19. The van der Waals surface area contributed by atoms with Crippen molar-refractivity contribution in [3.05, 3.63) is 45.3 Å². The fourth-order valence-electron chi connectivity index (χ4n) is 1.84. The molecule has 2 rings (SSSR count). The lowest BCUT2D eigenvalue weighted by atomic mass is 10.1. The Bertz CT molecular complexity index is 614. The number of anilines is 1. The summed E-state index contributed by atoms with van der Waals surface area (Å²) in [6.07, 6.45) is 0. The van der Waals surface area contributed by atoms with Gasteiger partial charge in [0, 0.05) is 23.3 Å². The number of amides is 1. The predicted octanol–water partition coefficient (Wildman–Crippen LogP) is 3.45. The smallest absolute Gasteiger partial charge is 0.277 e. The molecule has 0 bridgehead atoms. The van der Waals surface area contributed by atoms with Gasteiger partial charge in [0.05, 0.1) is 0 Å². The van der Waals surface area contributed by atoms with Crippen molar-refractivity contribution >= 4 is 27.5 Å². The van der Waals surface area contributed by atoms with Crippen LogP contribution < -0.4 is 5.32 Å². The van der Waals surface area contributed by atoms with Crippen molar-refractivity contribution in [2.75, 3.05) is 12.4 Å². The summed E-state index contributed by atoms with van der Waals surface area (Å²) in [5.41, 5.74) is 3.07. The number of ether oxygens (including phenoxy) is 1. The van der Waals surface area contributed by atoms with Gasteiger partial charge in [-0.2, -0.15) is 0 Å². The maximum atomic E-state index is 12.1. The van der Waals surface area contributed by atoms with E-state index in [0.717, 1.165) is 21.3 Å². The summed E-state index contributed by atoms with van der Waals surface area (Å²) in [6.45, 7) is 4.23. The van der Waals surface area contributed by atoms with E-state index in [1.165, 1.54) is 0 Å². The number of carbonyl (C=O) groups excluding carboxylic acids is 1. The summed E-state index contributed by atoms with van der Waals surface area (Å²) < 4.78 is 10.9. The third-order valence-electron chi connectivity index (χ3n) is 2.77. The van der Waals surface area contributed by atoms with Crippen LogP contribution in [0.4, 0.5) is 5.69 Å². The van der Waals surface area contributed by atoms with Crippen LogP contribution in [0.3, 0.4) is 0 Å². The van der Waals surface area contributed by atoms with Gasteiger partial charge in [-0.3, -0.25) is 4.79 Å². The van der Waals surface area contributed by atoms with Gasteiger partial charge in [-0.1, -0.05) is 21.1 Å². The number of rotatable bonds is 4. The van der Waals surface area contributed by atoms with Gasteiger partial charge in [0.2, 0.25) is 0 Å². The first-order valence-corrected chi connectivity index (χ1v) is 6.83. The molecule has 0 atom stereocenters. The Hall–Kier alpha value is -1.66. The zero-order valence-electron chi connectivity index (χ0n) is 11.5. The van der Waals surface area contributed by atoms with E-state index in [1.807, 2.05) is 26.0 Å². The van der Waals surface area contributed by atoms with Gasteiger partial charge in [-0.15, -0.1) is 0 Å². The number of aromatic nitrogens is 1. The first-order chi connectivity index (χ1) is 9.51. The van der Waals surface area contributed by atoms with E-state index >= 15 is 0 Å². The molecule has 2 aromatic rings. The topological polar surface area (TPSA) is 64.4 Å². The van der Waals surface area contributed by atoms with Crippen molar-refractivity contribution in [1.29, 1.82) is 0 Å². The molecule has 1 aromatic heterocycles. The van der Waals surface area contributed by atoms with Crippen molar-refractivity contribution in [1.82, 2.24) is 5.16 Å². The highest BCUT2D eigenvalue weighted by atomic mass is 79.9. The van der Waals surface area contributed by atoms with E-state index in [2.05, 4.69) is 26.4 Å². The van der Waals surface area contributed by atoms with Crippen LogP contribution in [-0.2, 0) is 11.3 Å². The molecule has 1 amide bonds. The number of methoxy groups -OCH3 is 1. The van der Waals surface area contributed by atoms with Crippen molar-refractivity contribution < 1.29 is 14.1 Å². The number of nitrogens with one attached hydrogen (secondary N) is 1. The van der Waals surface area contributed by atoms with Gasteiger partial charge in [0.15, 0.2) is 11.5 Å². The average Bonchev–Trinajstić information content (AvgIpc) is 2.85. The molecule has 0 aliphatic rings. The summed E-state index contributed by atoms with van der Waals surface area (Å²) in [7, 11) is 1.55. The van der Waals surface area contributed by atoms with Crippen molar-refractivity contribution in [2.24, 2.45) is 0 Å². The average molecular weight is 339 g/mol. The zero-order valence-corrected chi connectivity index (χ0v) is 13.1. The molecular weight excluding hydrogens is 324 g/mol. The lowest BCUT2D eigenvalue weighted by molar-refractivity contribution is 0.101. The number of hydrogen-bond acceptors (Lipinski definition) is 4. The lowest BCUT2D eigenvalue weighted by Crippen LogP contribution is -2.12. The molecule has 0 fully saturated rings. The highest BCUT2D eigenvalue weighted by molar-refractivity contribution is 9.10. The molecule has 0 unspecified atom stereocenters. The molecule has 1 N–H and O–H groups in total. The summed E-state index contributed by atoms with van der Waals surface area (Å²) in [6, 6.07) is 5.35. The Morgan fingerprint density at radius 1 is 1.35 bits per heavy atom. The van der Waals surface area contributed by atoms with Gasteiger partial charge in [0.1, 0.15) is 6.61 Å². The fraction of sp³-hybridized carbons (Fsp3) is 0.286. The third kappa shape index (κ3) is 3.26. The number of nitrogens with zero attached hydrogens (tertiary/aromatic N) is 1. The van der Waals surface area contributed by atoms with Gasteiger partial charge in [0.25, 0.3) is 5.91 Å². The second-order valence-corrected chi connectivity index (χ2v) is 5.28. The molecular formula is C14H15BrN2O3. The summed E-state index contributed by atoms with van der Waals surface area (Å²) in [4.78, 5) is 12.1. The number of carbonyl (C=O) groups is 1. The maximum absolute atomic E-state index is 12.1. The van der Waals surface area contributed by atoms with E-state index in [4.69, 9.17) is 9.26 Å². The first-order valence-electron chi connectivity index (χ1n) is 6.04. The fourth-order valence-corrected chi connectivity index (χ4v) is 2.07. The first kappa shape index (κ1) is 14.7. The Kier molecular flexibility index (Phi) is 4.57. The second-order valence-electron chi connectivity index (χ2n) is 4.49. The Morgan fingerprint density at radius 3 is 2.60 bits per heavy atom. The number of hydrogen-bond donors (Lipinski definition) is 1. The van der Waals surface area contributed by atoms with Gasteiger partial charge >= 0.3 is 0 Å². The van der Waals surface area contributed by atoms with E-state index < -0.39 is 0 Å². The van der Waals surface area contributed by atoms with Crippen molar-refractivity contribution in [2.45, 2.75) is 20.5 Å². The summed E-state index contributed by atoms with van der Waals surface area (Å²) >= 11 is 3.49. The molecule has 0 aliphatic heterocycles. The third-order valence-corrected chi connectivity index (χ3v) is 4.02. The molecule has 0 radical (unpaired) electrons. The van der Waals surface area contributed by atoms with Crippen molar-refractivity contribution in [3.8, 4) is 0 Å². The van der Waals surface area contributed by atoms with Crippen LogP contribution >= 0.6 is 15.9 Å². The van der Waals surface area contributed by atoms with Gasteiger partial charge in [-0.25, -0.2) is 0 Å². The number of aryl methyl sites for hydroxylation is 2. The monoisotopic (exact) mass is 338 g/mol. The van der Waals surface area contributed by atoms with Crippen LogP contribution in [0, 0.1) is 13.8 Å². The van der Waals surface area contributed by atoms with Crippen LogP contribution in [0.5, 0.6) is 0 Å². The van der Waals surface area contributed by atoms with E-state index in [1.54, 1.807) is 13.2 Å². The minimum atomic E-state index is -0.308. The Morgan fingerprint density at radius 2 is 2.00 bits per heavy atom. The molecule has 0 spiro atoms. The standard InChI is InChI=1S/C14H15BrN2O3/c1-8-4-10(5-9(2)13(8)15)16-14(18)12-6-11(7-19-3)20-17-12/h4-6H,7H2,1-3H3,(H,16,18). The molecule has 6 heteroatoms. The Labute approximate surface area is 125 Å². The van der Waals surface area contributed by atoms with Crippen LogP contribution in [-0.4, -0.2) is 18.2 Å². The van der Waals surface area contributed by atoms with E-state index in [9.17, 15) is 4.79 Å². The SMILES string of the molecule is COCc1cc(C(=O)Nc2cc(C)c(Br)c(C)c2)no1. The highest BCUT2D eigenvalue weighted by Crippen LogP contribution is 2.25. The Balaban J connectivity index is 2.14. The molecule has 106 valence electrons. The minimum absolute atomic E-state index is 0.232. The van der Waals surface area contributed by atoms with E-state index in [0.29, 0.717) is 5.76 Å². The molecule has 5 nitrogen and oxygen atoms in total. The van der Waals surface area contributed by atoms with E-state index in [-0.39, 0.29) is 18.2 Å². The molecule has 1 heterocycles. The quantitative estimate of drug-likeness (QED) is 0.927. The summed E-state index contributed by atoms with van der Waals surface area (Å²) in [5, 5.41) is 6.52. The minimum Gasteiger partial charge on any atom is -0.377 e. The van der Waals surface area contributed by atoms with Gasteiger partial charge < -0.3 is 14.6 Å². The van der Waals surface area contributed by atoms with Crippen molar-refractivity contribution in [3.63, 3.8) is 0 Å². The van der Waals surface area contributed by atoms with Crippen LogP contribution in [0.1, 0.15) is 27.4 Å². The predicted molar refractivity (Wildman–Crippen MR) is 78.8 cm³/mol. The molecule has 0 saturated heterocycles. The molecule has 20 heavy (non-hydrogen) atoms. The van der Waals surface area contributed by atoms with Crippen LogP contribution in [0.2, 0.25) is 0 Å². The molecule has 0 saturated carbocycles. The maximum Gasteiger partial charge on any atom is 0.277 e. The zero-order chi connectivity index (χ0) is 14.7. The number of benzene rings is 1. The lowest BCUT2D eigenvalue weighted by Gasteiger charge is -2.08. The largest absolute Gasteiger partial charge is 0.377 e. The normalized spacial score (nSPS) is 10.6. The van der Waals surface area contributed by atoms with Crippen LogP contribution in [0.15, 0.2) is 27.2 Å². The van der Waals surface area contributed by atoms with Crippen LogP contribution in [0.25, 0.3) is 0 Å².